The Kier molecular flexibility index (Phi) is 4.43. The first-order chi connectivity index (χ1) is 14.1. The molecule has 0 spiro atoms. The van der Waals surface area contributed by atoms with Gasteiger partial charge in [0, 0.05) is 17.7 Å². The van der Waals surface area contributed by atoms with E-state index in [0.717, 1.165) is 33.9 Å². The maximum atomic E-state index is 13.6. The predicted molar refractivity (Wildman–Crippen MR) is 109 cm³/mol. The lowest BCUT2D eigenvalue weighted by Gasteiger charge is -2.37. The lowest BCUT2D eigenvalue weighted by atomic mass is 9.96. The Hall–Kier alpha value is -2.99. The Balaban J connectivity index is 1.53. The van der Waals surface area contributed by atoms with Gasteiger partial charge in [0.15, 0.2) is 11.6 Å². The molecule has 2 aliphatic rings. The maximum absolute atomic E-state index is 13.6. The Morgan fingerprint density at radius 2 is 1.90 bits per heavy atom. The van der Waals surface area contributed by atoms with Crippen LogP contribution in [0.3, 0.4) is 0 Å². The molecule has 3 aromatic rings. The van der Waals surface area contributed by atoms with Gasteiger partial charge >= 0.3 is 0 Å². The molecule has 3 heterocycles. The van der Waals surface area contributed by atoms with Crippen LogP contribution >= 0.6 is 0 Å². The highest BCUT2D eigenvalue weighted by molar-refractivity contribution is 5.96. The topological polar surface area (TPSA) is 60.2 Å². The average molecular weight is 388 g/mol. The molecule has 2 aromatic carbocycles. The minimum absolute atomic E-state index is 0.0570. The normalized spacial score (nSPS) is 18.0. The third-order valence-corrected chi connectivity index (χ3v) is 5.79. The van der Waals surface area contributed by atoms with Crippen molar-refractivity contribution in [1.82, 2.24) is 19.7 Å². The van der Waals surface area contributed by atoms with Crippen molar-refractivity contribution in [3.05, 3.63) is 71.0 Å². The zero-order chi connectivity index (χ0) is 20.0. The monoisotopic (exact) mass is 388 g/mol. The number of rotatable bonds is 3. The minimum atomic E-state index is -0.112. The van der Waals surface area contributed by atoms with Gasteiger partial charge in [-0.1, -0.05) is 56.3 Å². The molecular formula is C23H24N4O2. The molecule has 0 aliphatic carbocycles. The SMILES string of the molecule is CC(C)[C@H]1c2nc(-c3ccccc3)nn2CCN1C(=O)c1cccc2c1COC2. The van der Waals surface area contributed by atoms with Gasteiger partial charge in [0.2, 0.25) is 0 Å². The standard InChI is InChI=1S/C23H24N4O2/c1-15(2)20-22-24-21(16-7-4-3-5-8-16)25-27(22)12-11-26(20)23(28)18-10-6-9-17-13-29-14-19(17)18/h3-10,15,20H,11-14H2,1-2H3/t20-/m0/s1. The molecular weight excluding hydrogens is 364 g/mol. The summed E-state index contributed by atoms with van der Waals surface area (Å²) in [7, 11) is 0. The van der Waals surface area contributed by atoms with Crippen molar-refractivity contribution in [3.8, 4) is 11.4 Å². The van der Waals surface area contributed by atoms with E-state index in [1.54, 1.807) is 0 Å². The van der Waals surface area contributed by atoms with Gasteiger partial charge < -0.3 is 9.64 Å². The van der Waals surface area contributed by atoms with E-state index in [0.29, 0.717) is 26.3 Å². The molecule has 1 aromatic heterocycles. The summed E-state index contributed by atoms with van der Waals surface area (Å²) in [6.45, 7) is 6.63. The number of hydrogen-bond acceptors (Lipinski definition) is 4. The van der Waals surface area contributed by atoms with E-state index in [2.05, 4.69) is 13.8 Å². The predicted octanol–water partition coefficient (Wildman–Crippen LogP) is 3.83. The van der Waals surface area contributed by atoms with Gasteiger partial charge in [-0.2, -0.15) is 5.10 Å². The summed E-state index contributed by atoms with van der Waals surface area (Å²) in [5.41, 5.74) is 3.88. The fraction of sp³-hybridized carbons (Fsp3) is 0.348. The molecule has 6 heteroatoms. The van der Waals surface area contributed by atoms with Gasteiger partial charge in [-0.05, 0) is 23.1 Å². The van der Waals surface area contributed by atoms with Crippen LogP contribution < -0.4 is 0 Å². The number of fused-ring (bicyclic) bond motifs is 2. The number of carbonyl (C=O) groups is 1. The van der Waals surface area contributed by atoms with Crippen LogP contribution in [0, 0.1) is 5.92 Å². The molecule has 5 rings (SSSR count). The van der Waals surface area contributed by atoms with Crippen LogP contribution in [0.15, 0.2) is 48.5 Å². The molecule has 0 saturated heterocycles. The number of aromatic nitrogens is 3. The van der Waals surface area contributed by atoms with Gasteiger partial charge in [0.25, 0.3) is 5.91 Å². The zero-order valence-electron chi connectivity index (χ0n) is 16.7. The van der Waals surface area contributed by atoms with Gasteiger partial charge in [0.1, 0.15) is 0 Å². The fourth-order valence-electron chi connectivity index (χ4n) is 4.37. The highest BCUT2D eigenvalue weighted by atomic mass is 16.5. The first-order valence-electron chi connectivity index (χ1n) is 10.1. The van der Waals surface area contributed by atoms with Gasteiger partial charge in [0.05, 0.1) is 25.8 Å². The van der Waals surface area contributed by atoms with Crippen LogP contribution in [-0.4, -0.2) is 32.1 Å². The van der Waals surface area contributed by atoms with Crippen molar-refractivity contribution in [1.29, 1.82) is 0 Å². The Bertz CT molecular complexity index is 1060. The zero-order valence-corrected chi connectivity index (χ0v) is 16.7. The second kappa shape index (κ2) is 7.12. The highest BCUT2D eigenvalue weighted by Crippen LogP contribution is 2.34. The molecule has 1 atom stereocenters. The lowest BCUT2D eigenvalue weighted by Crippen LogP contribution is -2.45. The molecule has 148 valence electrons. The van der Waals surface area contributed by atoms with Crippen LogP contribution in [0.4, 0.5) is 0 Å². The van der Waals surface area contributed by atoms with Crippen LogP contribution in [0.25, 0.3) is 11.4 Å². The van der Waals surface area contributed by atoms with Crippen molar-refractivity contribution in [2.75, 3.05) is 6.54 Å². The second-order valence-corrected chi connectivity index (χ2v) is 8.01. The molecule has 0 radical (unpaired) electrons. The van der Waals surface area contributed by atoms with Crippen molar-refractivity contribution < 1.29 is 9.53 Å². The third-order valence-electron chi connectivity index (χ3n) is 5.79. The van der Waals surface area contributed by atoms with Crippen molar-refractivity contribution in [2.24, 2.45) is 5.92 Å². The summed E-state index contributed by atoms with van der Waals surface area (Å²) < 4.78 is 7.55. The van der Waals surface area contributed by atoms with Gasteiger partial charge in [-0.25, -0.2) is 9.67 Å². The molecule has 2 aliphatic heterocycles. The molecule has 0 fully saturated rings. The first-order valence-corrected chi connectivity index (χ1v) is 10.1. The summed E-state index contributed by atoms with van der Waals surface area (Å²) in [6.07, 6.45) is 0. The summed E-state index contributed by atoms with van der Waals surface area (Å²) in [6, 6.07) is 15.8. The lowest BCUT2D eigenvalue weighted by molar-refractivity contribution is 0.0533. The second-order valence-electron chi connectivity index (χ2n) is 8.01. The van der Waals surface area contributed by atoms with Crippen molar-refractivity contribution in [2.45, 2.75) is 39.6 Å². The number of amides is 1. The van der Waals surface area contributed by atoms with Gasteiger partial charge in [-0.3, -0.25) is 4.79 Å². The number of nitrogens with zero attached hydrogens (tertiary/aromatic N) is 4. The summed E-state index contributed by atoms with van der Waals surface area (Å²) in [5.74, 6) is 1.86. The maximum Gasteiger partial charge on any atom is 0.254 e. The fourth-order valence-corrected chi connectivity index (χ4v) is 4.37. The molecule has 0 saturated carbocycles. The Morgan fingerprint density at radius 1 is 1.07 bits per heavy atom. The summed E-state index contributed by atoms with van der Waals surface area (Å²) in [5, 5.41) is 4.73. The molecule has 1 amide bonds. The third kappa shape index (κ3) is 3.04. The molecule has 0 bridgehead atoms. The number of ether oxygens (including phenoxy) is 1. The minimum Gasteiger partial charge on any atom is -0.372 e. The van der Waals surface area contributed by atoms with E-state index in [-0.39, 0.29) is 17.9 Å². The van der Waals surface area contributed by atoms with Crippen LogP contribution in [0.5, 0.6) is 0 Å². The number of carbonyl (C=O) groups excluding carboxylic acids is 1. The number of benzene rings is 2. The van der Waals surface area contributed by atoms with Crippen LogP contribution in [-0.2, 0) is 24.5 Å². The van der Waals surface area contributed by atoms with Crippen LogP contribution in [0.1, 0.15) is 47.2 Å². The molecule has 29 heavy (non-hydrogen) atoms. The molecule has 6 nitrogen and oxygen atoms in total. The van der Waals surface area contributed by atoms with E-state index >= 15 is 0 Å². The largest absolute Gasteiger partial charge is 0.372 e. The van der Waals surface area contributed by atoms with E-state index in [1.165, 1.54) is 0 Å². The van der Waals surface area contributed by atoms with Crippen molar-refractivity contribution in [3.63, 3.8) is 0 Å². The Morgan fingerprint density at radius 3 is 2.69 bits per heavy atom. The molecule has 0 N–H and O–H groups in total. The van der Waals surface area contributed by atoms with E-state index in [4.69, 9.17) is 14.8 Å². The summed E-state index contributed by atoms with van der Waals surface area (Å²) >= 11 is 0. The first kappa shape index (κ1) is 18.1. The molecule has 0 unspecified atom stereocenters. The smallest absolute Gasteiger partial charge is 0.254 e. The average Bonchev–Trinajstić information content (AvgIpc) is 3.39. The van der Waals surface area contributed by atoms with Crippen molar-refractivity contribution >= 4 is 5.91 Å². The summed E-state index contributed by atoms with van der Waals surface area (Å²) in [4.78, 5) is 20.4. The van der Waals surface area contributed by atoms with E-state index in [9.17, 15) is 4.79 Å². The quantitative estimate of drug-likeness (QED) is 0.684. The van der Waals surface area contributed by atoms with E-state index in [1.807, 2.05) is 58.1 Å². The van der Waals surface area contributed by atoms with Gasteiger partial charge in [-0.15, -0.1) is 0 Å². The van der Waals surface area contributed by atoms with E-state index < -0.39 is 0 Å². The number of hydrogen-bond donors (Lipinski definition) is 0. The Labute approximate surface area is 170 Å². The highest BCUT2D eigenvalue weighted by Gasteiger charge is 2.37. The van der Waals surface area contributed by atoms with Crippen LogP contribution in [0.2, 0.25) is 0 Å².